The molecule has 114 valence electrons. The molecule has 0 fully saturated rings. The molecule has 0 radical (unpaired) electrons. The van der Waals surface area contributed by atoms with Crippen molar-refractivity contribution in [3.8, 4) is 5.75 Å². The van der Waals surface area contributed by atoms with Crippen LogP contribution < -0.4 is 0 Å². The maximum Gasteiger partial charge on any atom is 0.416 e. The third-order valence-electron chi connectivity index (χ3n) is 2.95. The number of benzene rings is 2. The zero-order valence-corrected chi connectivity index (χ0v) is 11.1. The Morgan fingerprint density at radius 1 is 1.05 bits per heavy atom. The summed E-state index contributed by atoms with van der Waals surface area (Å²) in [5.41, 5.74) is -1.40. The fraction of sp³-hybridized carbons (Fsp3) is 0.0625. The molecule has 0 amide bonds. The first-order chi connectivity index (χ1) is 10.3. The van der Waals surface area contributed by atoms with Crippen LogP contribution in [-0.4, -0.2) is 16.2 Å². The molecule has 0 heterocycles. The first kappa shape index (κ1) is 15.6. The van der Waals surface area contributed by atoms with E-state index in [0.717, 1.165) is 12.1 Å². The third kappa shape index (κ3) is 3.46. The molecule has 2 N–H and O–H groups in total. The van der Waals surface area contributed by atoms with Gasteiger partial charge in [-0.1, -0.05) is 30.3 Å². The van der Waals surface area contributed by atoms with Crippen molar-refractivity contribution in [2.45, 2.75) is 6.18 Å². The van der Waals surface area contributed by atoms with Gasteiger partial charge in [-0.15, -0.1) is 0 Å². The molecule has 22 heavy (non-hydrogen) atoms. The average Bonchev–Trinajstić information content (AvgIpc) is 2.43. The van der Waals surface area contributed by atoms with Gasteiger partial charge < -0.3 is 10.2 Å². The van der Waals surface area contributed by atoms with Gasteiger partial charge in [0.05, 0.1) is 11.1 Å². The van der Waals surface area contributed by atoms with Crippen LogP contribution in [0.25, 0.3) is 11.6 Å². The number of hydrogen-bond acceptors (Lipinski definition) is 2. The molecule has 0 saturated carbocycles. The molecule has 0 atom stereocenters. The molecule has 2 aromatic carbocycles. The molecular weight excluding hydrogens is 297 g/mol. The number of phenolic OH excluding ortho intramolecular Hbond substituents is 1. The fourth-order valence-electron chi connectivity index (χ4n) is 1.98. The van der Waals surface area contributed by atoms with Crippen LogP contribution in [0.4, 0.5) is 13.2 Å². The lowest BCUT2D eigenvalue weighted by atomic mass is 9.99. The Kier molecular flexibility index (Phi) is 4.21. The van der Waals surface area contributed by atoms with E-state index in [-0.39, 0.29) is 22.4 Å². The smallest absolute Gasteiger partial charge is 0.416 e. The number of hydrogen-bond donors (Lipinski definition) is 2. The van der Waals surface area contributed by atoms with Crippen LogP contribution in [-0.2, 0) is 11.0 Å². The second-order valence-electron chi connectivity index (χ2n) is 4.50. The van der Waals surface area contributed by atoms with E-state index in [9.17, 15) is 28.2 Å². The van der Waals surface area contributed by atoms with Crippen molar-refractivity contribution in [2.75, 3.05) is 0 Å². The van der Waals surface area contributed by atoms with E-state index in [1.165, 1.54) is 42.5 Å². The first-order valence-electron chi connectivity index (χ1n) is 6.19. The van der Waals surface area contributed by atoms with Gasteiger partial charge in [0, 0.05) is 0 Å². The lowest BCUT2D eigenvalue weighted by Crippen LogP contribution is -2.08. The van der Waals surface area contributed by atoms with Gasteiger partial charge in [-0.05, 0) is 35.4 Å². The molecule has 0 saturated heterocycles. The molecule has 0 spiro atoms. The van der Waals surface area contributed by atoms with Gasteiger partial charge >= 0.3 is 12.1 Å². The highest BCUT2D eigenvalue weighted by atomic mass is 19.4. The highest BCUT2D eigenvalue weighted by Gasteiger charge is 2.32. The Balaban J connectivity index is 2.60. The average molecular weight is 308 g/mol. The minimum atomic E-state index is -4.59. The van der Waals surface area contributed by atoms with Crippen LogP contribution in [0.2, 0.25) is 0 Å². The van der Waals surface area contributed by atoms with Crippen LogP contribution in [0.5, 0.6) is 5.75 Å². The minimum absolute atomic E-state index is 0.115. The van der Waals surface area contributed by atoms with Crippen molar-refractivity contribution >= 4 is 17.6 Å². The molecule has 3 nitrogen and oxygen atoms in total. The van der Waals surface area contributed by atoms with E-state index in [2.05, 4.69) is 0 Å². The summed E-state index contributed by atoms with van der Waals surface area (Å²) in [6, 6.07) is 10.0. The minimum Gasteiger partial charge on any atom is -0.508 e. The third-order valence-corrected chi connectivity index (χ3v) is 2.95. The zero-order valence-electron chi connectivity index (χ0n) is 11.1. The van der Waals surface area contributed by atoms with Crippen molar-refractivity contribution in [1.82, 2.24) is 0 Å². The molecular formula is C16H11F3O3. The predicted molar refractivity (Wildman–Crippen MR) is 75.1 cm³/mol. The number of halogens is 3. The number of carboxylic acids is 1. The van der Waals surface area contributed by atoms with Gasteiger partial charge in [0.25, 0.3) is 0 Å². The summed E-state index contributed by atoms with van der Waals surface area (Å²) in [6.45, 7) is 0. The molecule has 0 aliphatic heterocycles. The maximum atomic E-state index is 12.9. The monoisotopic (exact) mass is 308 g/mol. The van der Waals surface area contributed by atoms with Gasteiger partial charge in [0.1, 0.15) is 5.75 Å². The van der Waals surface area contributed by atoms with Crippen LogP contribution in [0.1, 0.15) is 16.7 Å². The van der Waals surface area contributed by atoms with Gasteiger partial charge in [-0.3, -0.25) is 0 Å². The fourth-order valence-corrected chi connectivity index (χ4v) is 1.98. The summed E-state index contributed by atoms with van der Waals surface area (Å²) in [4.78, 5) is 11.3. The predicted octanol–water partition coefficient (Wildman–Crippen LogP) is 4.04. The van der Waals surface area contributed by atoms with Crippen molar-refractivity contribution in [3.05, 3.63) is 65.2 Å². The largest absolute Gasteiger partial charge is 0.508 e. The van der Waals surface area contributed by atoms with Crippen molar-refractivity contribution in [2.24, 2.45) is 0 Å². The van der Waals surface area contributed by atoms with Crippen molar-refractivity contribution < 1.29 is 28.2 Å². The number of aromatic hydroxyl groups is 1. The number of aliphatic carboxylic acids is 1. The second kappa shape index (κ2) is 5.93. The van der Waals surface area contributed by atoms with Crippen molar-refractivity contribution in [1.29, 1.82) is 0 Å². The maximum absolute atomic E-state index is 12.9. The Labute approximate surface area is 124 Å². The van der Waals surface area contributed by atoms with Gasteiger partial charge in [0.2, 0.25) is 0 Å². The molecule has 0 aromatic heterocycles. The quantitative estimate of drug-likeness (QED) is 0.664. The van der Waals surface area contributed by atoms with Crippen LogP contribution in [0.15, 0.2) is 48.5 Å². The van der Waals surface area contributed by atoms with E-state index in [0.29, 0.717) is 0 Å². The number of phenols is 1. The second-order valence-corrected chi connectivity index (χ2v) is 4.50. The van der Waals surface area contributed by atoms with Crippen LogP contribution >= 0.6 is 0 Å². The number of rotatable bonds is 3. The summed E-state index contributed by atoms with van der Waals surface area (Å²) in [5, 5.41) is 18.6. The standard InChI is InChI=1S/C16H11F3O3/c17-16(18,19)14-7-2-1-4-11(14)9-13(15(21)22)10-5-3-6-12(20)8-10/h1-9,20H,(H,21,22)/b13-9-. The van der Waals surface area contributed by atoms with Gasteiger partial charge in [0.15, 0.2) is 0 Å². The molecule has 0 aliphatic carbocycles. The molecule has 2 aromatic rings. The molecule has 0 bridgehead atoms. The molecule has 0 unspecified atom stereocenters. The van der Waals surface area contributed by atoms with Crippen LogP contribution in [0, 0.1) is 0 Å². The number of alkyl halides is 3. The van der Waals surface area contributed by atoms with E-state index < -0.39 is 17.7 Å². The van der Waals surface area contributed by atoms with Crippen LogP contribution in [0.3, 0.4) is 0 Å². The van der Waals surface area contributed by atoms with E-state index in [4.69, 9.17) is 0 Å². The Morgan fingerprint density at radius 2 is 1.73 bits per heavy atom. The summed E-state index contributed by atoms with van der Waals surface area (Å²) in [5.74, 6) is -1.56. The van der Waals surface area contributed by atoms with E-state index in [1.54, 1.807) is 0 Å². The SMILES string of the molecule is O=C(O)/C(=C\c1ccccc1C(F)(F)F)c1cccc(O)c1. The molecule has 6 heteroatoms. The molecule has 2 rings (SSSR count). The zero-order chi connectivity index (χ0) is 16.3. The number of carbonyl (C=O) groups is 1. The Morgan fingerprint density at radius 3 is 2.32 bits per heavy atom. The first-order valence-corrected chi connectivity index (χ1v) is 6.19. The molecule has 0 aliphatic rings. The Hall–Kier alpha value is -2.76. The lowest BCUT2D eigenvalue weighted by molar-refractivity contribution is -0.137. The normalized spacial score (nSPS) is 12.2. The summed E-state index contributed by atoms with van der Waals surface area (Å²) in [7, 11) is 0. The lowest BCUT2D eigenvalue weighted by Gasteiger charge is -2.11. The summed E-state index contributed by atoms with van der Waals surface area (Å²) < 4.78 is 38.8. The Bertz CT molecular complexity index is 733. The number of carboxylic acid groups (broad SMARTS) is 1. The van der Waals surface area contributed by atoms with E-state index in [1.807, 2.05) is 0 Å². The van der Waals surface area contributed by atoms with Gasteiger partial charge in [-0.25, -0.2) is 4.79 Å². The topological polar surface area (TPSA) is 57.5 Å². The van der Waals surface area contributed by atoms with E-state index >= 15 is 0 Å². The highest BCUT2D eigenvalue weighted by Crippen LogP contribution is 2.34. The summed E-state index contributed by atoms with van der Waals surface area (Å²) in [6.07, 6.45) is -3.64. The van der Waals surface area contributed by atoms with Crippen molar-refractivity contribution in [3.63, 3.8) is 0 Å². The van der Waals surface area contributed by atoms with Gasteiger partial charge in [-0.2, -0.15) is 13.2 Å². The highest BCUT2D eigenvalue weighted by molar-refractivity contribution is 6.20. The summed E-state index contributed by atoms with van der Waals surface area (Å²) >= 11 is 0.